The van der Waals surface area contributed by atoms with Crippen molar-refractivity contribution >= 4 is 17.1 Å². The van der Waals surface area contributed by atoms with Crippen LogP contribution in [-0.2, 0) is 13.1 Å². The molecule has 0 unspecified atom stereocenters. The van der Waals surface area contributed by atoms with E-state index in [-0.39, 0.29) is 23.8 Å². The Kier molecular flexibility index (Phi) is 6.69. The average Bonchev–Trinajstić information content (AvgIpc) is 2.91. The van der Waals surface area contributed by atoms with Gasteiger partial charge < -0.3 is 19.5 Å². The number of carboxylic acid groups (broad SMARTS) is 1. The van der Waals surface area contributed by atoms with Crippen LogP contribution in [0.1, 0.15) is 24.2 Å². The number of fused-ring (bicyclic) bond motifs is 2. The Morgan fingerprint density at radius 3 is 2.64 bits per heavy atom. The molecule has 0 radical (unpaired) electrons. The molecule has 3 aromatic heterocycles. The molecule has 0 spiro atoms. The van der Waals surface area contributed by atoms with Crippen LogP contribution in [0.4, 0.5) is 4.79 Å². The highest BCUT2D eigenvalue weighted by Crippen LogP contribution is 2.30. The van der Waals surface area contributed by atoms with Crippen LogP contribution >= 0.6 is 0 Å². The van der Waals surface area contributed by atoms with E-state index < -0.39 is 6.09 Å². The fourth-order valence-electron chi connectivity index (χ4n) is 4.74. The first-order chi connectivity index (χ1) is 17.5. The van der Waals surface area contributed by atoms with Crippen molar-refractivity contribution in [2.45, 2.75) is 32.0 Å². The molecule has 0 atom stereocenters. The largest absolute Gasteiger partial charge is 0.486 e. The number of carbonyl (C=O) groups is 1. The normalized spacial score (nSPS) is 16.0. The van der Waals surface area contributed by atoms with Crippen molar-refractivity contribution in [3.05, 3.63) is 58.3 Å². The monoisotopic (exact) mass is 490 g/mol. The standard InChI is InChI=1S/C25H26N6O5/c26-14-18-3-1-17-2-4-23(32)30(24(17)28-18)10-9-29-7-5-20(6-8-29)31(25(33)34)16-19-13-21-22(15-27-19)36-12-11-35-21/h1-4,13,15,20H,5-12,16H2,(H,33,34). The second-order valence-electron chi connectivity index (χ2n) is 8.85. The van der Waals surface area contributed by atoms with Crippen LogP contribution in [0.25, 0.3) is 11.0 Å². The summed E-state index contributed by atoms with van der Waals surface area (Å²) in [7, 11) is 0. The van der Waals surface area contributed by atoms with Gasteiger partial charge in [-0.05, 0) is 31.0 Å². The molecular weight excluding hydrogens is 464 g/mol. The number of ether oxygens (including phenoxy) is 2. The molecule has 0 bridgehead atoms. The van der Waals surface area contributed by atoms with Crippen LogP contribution in [-0.4, -0.2) is 74.4 Å². The van der Waals surface area contributed by atoms with Gasteiger partial charge in [-0.25, -0.2) is 9.78 Å². The maximum atomic E-state index is 12.5. The SMILES string of the molecule is N#Cc1ccc2ccc(=O)n(CCN3CCC(N(Cc4cc5c(cn4)OCCO5)C(=O)O)CC3)c2n1. The first-order valence-electron chi connectivity index (χ1n) is 11.9. The summed E-state index contributed by atoms with van der Waals surface area (Å²) in [6, 6.07) is 10.3. The highest BCUT2D eigenvalue weighted by atomic mass is 16.6. The quantitative estimate of drug-likeness (QED) is 0.551. The van der Waals surface area contributed by atoms with Crippen molar-refractivity contribution in [2.24, 2.45) is 0 Å². The second kappa shape index (κ2) is 10.2. The molecule has 1 saturated heterocycles. The van der Waals surface area contributed by atoms with Gasteiger partial charge in [0.25, 0.3) is 5.56 Å². The van der Waals surface area contributed by atoms with Crippen LogP contribution in [0.5, 0.6) is 11.5 Å². The van der Waals surface area contributed by atoms with Gasteiger partial charge in [-0.15, -0.1) is 0 Å². The van der Waals surface area contributed by atoms with Crippen molar-refractivity contribution in [3.63, 3.8) is 0 Å². The Labute approximate surface area is 207 Å². The van der Waals surface area contributed by atoms with Gasteiger partial charge >= 0.3 is 6.09 Å². The number of aromatic nitrogens is 3. The van der Waals surface area contributed by atoms with Crippen molar-refractivity contribution < 1.29 is 19.4 Å². The number of amides is 1. The third-order valence-corrected chi connectivity index (χ3v) is 6.65. The summed E-state index contributed by atoms with van der Waals surface area (Å²) >= 11 is 0. The predicted molar refractivity (Wildman–Crippen MR) is 129 cm³/mol. The predicted octanol–water partition coefficient (Wildman–Crippen LogP) is 2.08. The maximum absolute atomic E-state index is 12.5. The Bertz CT molecular complexity index is 1380. The minimum Gasteiger partial charge on any atom is -0.486 e. The van der Waals surface area contributed by atoms with Crippen molar-refractivity contribution in [2.75, 3.05) is 32.8 Å². The van der Waals surface area contributed by atoms with Crippen LogP contribution in [0, 0.1) is 11.3 Å². The lowest BCUT2D eigenvalue weighted by Crippen LogP contribution is -2.47. The molecule has 0 saturated carbocycles. The lowest BCUT2D eigenvalue weighted by atomic mass is 10.0. The molecule has 0 aliphatic carbocycles. The van der Waals surface area contributed by atoms with Crippen LogP contribution in [0.3, 0.4) is 0 Å². The van der Waals surface area contributed by atoms with E-state index in [1.165, 1.54) is 11.0 Å². The summed E-state index contributed by atoms with van der Waals surface area (Å²) in [5, 5.41) is 19.9. The molecule has 186 valence electrons. The molecule has 11 nitrogen and oxygen atoms in total. The Balaban J connectivity index is 1.21. The zero-order valence-electron chi connectivity index (χ0n) is 19.7. The van der Waals surface area contributed by atoms with Crippen LogP contribution < -0.4 is 15.0 Å². The topological polar surface area (TPSA) is 134 Å². The van der Waals surface area contributed by atoms with Gasteiger partial charge in [0.05, 0.1) is 18.4 Å². The summed E-state index contributed by atoms with van der Waals surface area (Å²) in [6.45, 7) is 3.58. The van der Waals surface area contributed by atoms with Crippen LogP contribution in [0.2, 0.25) is 0 Å². The molecular formula is C25H26N6O5. The molecule has 0 aromatic carbocycles. The molecule has 1 N–H and O–H groups in total. The molecule has 2 aliphatic heterocycles. The van der Waals surface area contributed by atoms with Gasteiger partial charge in [-0.2, -0.15) is 5.26 Å². The Hall–Kier alpha value is -4.17. The van der Waals surface area contributed by atoms with E-state index in [1.54, 1.807) is 35.0 Å². The minimum atomic E-state index is -0.980. The van der Waals surface area contributed by atoms with E-state index in [9.17, 15) is 20.0 Å². The van der Waals surface area contributed by atoms with Crippen molar-refractivity contribution in [1.82, 2.24) is 24.3 Å². The van der Waals surface area contributed by atoms with Gasteiger partial charge in [0.15, 0.2) is 11.5 Å². The number of likely N-dealkylation sites (tertiary alicyclic amines) is 1. The maximum Gasteiger partial charge on any atom is 0.407 e. The van der Waals surface area contributed by atoms with E-state index in [1.807, 2.05) is 6.07 Å². The summed E-state index contributed by atoms with van der Waals surface area (Å²) in [4.78, 5) is 36.9. The van der Waals surface area contributed by atoms with Gasteiger partial charge in [0.2, 0.25) is 0 Å². The zero-order chi connectivity index (χ0) is 25.1. The minimum absolute atomic E-state index is 0.131. The van der Waals surface area contributed by atoms with Crippen LogP contribution in [0.15, 0.2) is 41.3 Å². The van der Waals surface area contributed by atoms with E-state index in [0.717, 1.165) is 5.39 Å². The van der Waals surface area contributed by atoms with Crippen molar-refractivity contribution in [3.8, 4) is 17.6 Å². The van der Waals surface area contributed by atoms with Crippen molar-refractivity contribution in [1.29, 1.82) is 5.26 Å². The third-order valence-electron chi connectivity index (χ3n) is 6.65. The van der Waals surface area contributed by atoms with Gasteiger partial charge in [0.1, 0.15) is 30.6 Å². The molecule has 1 fully saturated rings. The van der Waals surface area contributed by atoms with Gasteiger partial charge in [0, 0.05) is 49.7 Å². The fourth-order valence-corrected chi connectivity index (χ4v) is 4.74. The highest BCUT2D eigenvalue weighted by Gasteiger charge is 2.28. The Morgan fingerprint density at radius 1 is 1.14 bits per heavy atom. The van der Waals surface area contributed by atoms with Gasteiger partial charge in [-0.1, -0.05) is 0 Å². The summed E-state index contributed by atoms with van der Waals surface area (Å²) < 4.78 is 12.7. The number of rotatable bonds is 6. The number of piperidine rings is 1. The number of pyridine rings is 3. The number of hydrogen-bond acceptors (Lipinski definition) is 8. The smallest absolute Gasteiger partial charge is 0.407 e. The lowest BCUT2D eigenvalue weighted by Gasteiger charge is -2.37. The zero-order valence-corrected chi connectivity index (χ0v) is 19.7. The summed E-state index contributed by atoms with van der Waals surface area (Å²) in [5.41, 5.74) is 1.22. The van der Waals surface area contributed by atoms with Gasteiger partial charge in [-0.3, -0.25) is 19.2 Å². The molecule has 5 heterocycles. The summed E-state index contributed by atoms with van der Waals surface area (Å²) in [6.07, 6.45) is 1.96. The number of nitriles is 1. The number of hydrogen-bond donors (Lipinski definition) is 1. The average molecular weight is 491 g/mol. The highest BCUT2D eigenvalue weighted by molar-refractivity contribution is 5.75. The lowest BCUT2D eigenvalue weighted by molar-refractivity contribution is 0.0848. The first kappa shape index (κ1) is 23.6. The number of nitrogens with zero attached hydrogens (tertiary/aromatic N) is 6. The van der Waals surface area contributed by atoms with E-state index >= 15 is 0 Å². The second-order valence-corrected chi connectivity index (χ2v) is 8.85. The molecule has 11 heteroatoms. The molecule has 36 heavy (non-hydrogen) atoms. The summed E-state index contributed by atoms with van der Waals surface area (Å²) in [5.74, 6) is 1.16. The van der Waals surface area contributed by atoms with E-state index in [2.05, 4.69) is 14.9 Å². The fraction of sp³-hybridized carbons (Fsp3) is 0.400. The van der Waals surface area contributed by atoms with E-state index in [0.29, 0.717) is 75.1 Å². The molecule has 5 rings (SSSR count). The Morgan fingerprint density at radius 2 is 1.89 bits per heavy atom. The molecule has 3 aromatic rings. The first-order valence-corrected chi connectivity index (χ1v) is 11.9. The van der Waals surface area contributed by atoms with E-state index in [4.69, 9.17) is 9.47 Å². The molecule has 2 aliphatic rings. The third kappa shape index (κ3) is 4.94. The molecule has 1 amide bonds.